The summed E-state index contributed by atoms with van der Waals surface area (Å²) in [5.74, 6) is 6.49. The summed E-state index contributed by atoms with van der Waals surface area (Å²) >= 11 is 0. The van der Waals surface area contributed by atoms with Crippen LogP contribution in [0.5, 0.6) is 5.75 Å². The Balaban J connectivity index is 1.69. The van der Waals surface area contributed by atoms with Gasteiger partial charge in [-0.05, 0) is 59.6 Å². The van der Waals surface area contributed by atoms with Crippen LogP contribution in [-0.4, -0.2) is 59.4 Å². The molecule has 1 amide bonds. The molecule has 2 rings (SSSR count). The van der Waals surface area contributed by atoms with Crippen LogP contribution in [0.25, 0.3) is 0 Å². The number of amides is 1. The molecule has 1 aliphatic rings. The van der Waals surface area contributed by atoms with Crippen molar-refractivity contribution in [1.29, 1.82) is 0 Å². The topological polar surface area (TPSA) is 60.9 Å². The lowest BCUT2D eigenvalue weighted by Gasteiger charge is -2.39. The standard InChI is InChI=1S/C23H34N2O4/c1-22(2,3)25(7)21(26)16-27-12-8-9-17-10-11-18(15-24-17)28-19-13-20(14-19)29-23(4,5)6/h10-11,15,19-20H,12-14,16H2,1-7H3. The van der Waals surface area contributed by atoms with Gasteiger partial charge >= 0.3 is 0 Å². The molecule has 0 N–H and O–H groups in total. The molecule has 6 heteroatoms. The fourth-order valence-electron chi connectivity index (χ4n) is 2.71. The molecule has 0 aliphatic heterocycles. The molecule has 1 aromatic rings. The molecule has 0 unspecified atom stereocenters. The number of likely N-dealkylation sites (N-methyl/N-ethyl adjacent to an activating group) is 1. The van der Waals surface area contributed by atoms with Crippen LogP contribution in [0.3, 0.4) is 0 Å². The molecule has 1 aliphatic carbocycles. The molecule has 0 aromatic carbocycles. The van der Waals surface area contributed by atoms with Crippen LogP contribution in [0.15, 0.2) is 18.3 Å². The molecular formula is C23H34N2O4. The maximum absolute atomic E-state index is 12.0. The zero-order valence-electron chi connectivity index (χ0n) is 18.7. The minimum Gasteiger partial charge on any atom is -0.489 e. The molecule has 0 bridgehead atoms. The Hall–Kier alpha value is -2.10. The van der Waals surface area contributed by atoms with E-state index >= 15 is 0 Å². The second-order valence-electron chi connectivity index (χ2n) is 9.36. The van der Waals surface area contributed by atoms with E-state index in [1.807, 2.05) is 32.9 Å². The van der Waals surface area contributed by atoms with Crippen molar-refractivity contribution in [3.8, 4) is 17.6 Å². The first-order chi connectivity index (χ1) is 13.4. The number of carbonyl (C=O) groups excluding carboxylic acids is 1. The van der Waals surface area contributed by atoms with Gasteiger partial charge < -0.3 is 19.1 Å². The Bertz CT molecular complexity index is 729. The number of hydrogen-bond acceptors (Lipinski definition) is 5. The second kappa shape index (κ2) is 9.60. The minimum absolute atomic E-state index is 0.0178. The molecule has 0 radical (unpaired) electrons. The number of hydrogen-bond donors (Lipinski definition) is 0. The predicted molar refractivity (Wildman–Crippen MR) is 113 cm³/mol. The van der Waals surface area contributed by atoms with Gasteiger partial charge in [0, 0.05) is 25.4 Å². The van der Waals surface area contributed by atoms with Crippen LogP contribution < -0.4 is 4.74 Å². The Labute approximate surface area is 174 Å². The first-order valence-corrected chi connectivity index (χ1v) is 10.1. The summed E-state index contributed by atoms with van der Waals surface area (Å²) < 4.78 is 17.2. The van der Waals surface area contributed by atoms with Crippen LogP contribution in [-0.2, 0) is 14.3 Å². The molecule has 0 spiro atoms. The van der Waals surface area contributed by atoms with Gasteiger partial charge in [0.1, 0.15) is 30.8 Å². The van der Waals surface area contributed by atoms with Crippen molar-refractivity contribution < 1.29 is 19.0 Å². The van der Waals surface area contributed by atoms with Crippen molar-refractivity contribution in [1.82, 2.24) is 9.88 Å². The van der Waals surface area contributed by atoms with E-state index in [1.54, 1.807) is 18.1 Å². The second-order valence-corrected chi connectivity index (χ2v) is 9.36. The predicted octanol–water partition coefficient (Wildman–Crippen LogP) is 3.43. The van der Waals surface area contributed by atoms with E-state index in [1.165, 1.54) is 0 Å². The Kier molecular flexibility index (Phi) is 7.67. The number of aromatic nitrogens is 1. The van der Waals surface area contributed by atoms with E-state index in [4.69, 9.17) is 14.2 Å². The summed E-state index contributed by atoms with van der Waals surface area (Å²) in [6, 6.07) is 3.69. The normalized spacial score (nSPS) is 19.0. The van der Waals surface area contributed by atoms with E-state index in [0.717, 1.165) is 18.6 Å². The van der Waals surface area contributed by atoms with E-state index in [9.17, 15) is 4.79 Å². The van der Waals surface area contributed by atoms with Gasteiger partial charge in [0.2, 0.25) is 5.91 Å². The third kappa shape index (κ3) is 8.04. The lowest BCUT2D eigenvalue weighted by molar-refractivity contribution is -0.138. The molecule has 1 aromatic heterocycles. The fraction of sp³-hybridized carbons (Fsp3) is 0.652. The molecule has 1 fully saturated rings. The quantitative estimate of drug-likeness (QED) is 0.539. The average molecular weight is 403 g/mol. The van der Waals surface area contributed by atoms with Crippen molar-refractivity contribution in [2.45, 2.75) is 77.7 Å². The fourth-order valence-corrected chi connectivity index (χ4v) is 2.71. The maximum Gasteiger partial charge on any atom is 0.248 e. The lowest BCUT2D eigenvalue weighted by atomic mass is 9.91. The third-order valence-corrected chi connectivity index (χ3v) is 4.61. The maximum atomic E-state index is 12.0. The minimum atomic E-state index is -0.222. The summed E-state index contributed by atoms with van der Waals surface area (Å²) in [6.07, 6.45) is 3.94. The van der Waals surface area contributed by atoms with E-state index in [0.29, 0.717) is 5.69 Å². The van der Waals surface area contributed by atoms with E-state index in [-0.39, 0.29) is 42.5 Å². The number of ether oxygens (including phenoxy) is 3. The number of pyridine rings is 1. The summed E-state index contributed by atoms with van der Waals surface area (Å²) in [5.41, 5.74) is 0.304. The summed E-state index contributed by atoms with van der Waals surface area (Å²) in [4.78, 5) is 18.0. The monoisotopic (exact) mass is 402 g/mol. The number of rotatable bonds is 6. The van der Waals surface area contributed by atoms with Gasteiger partial charge in [-0.15, -0.1) is 0 Å². The van der Waals surface area contributed by atoms with Crippen molar-refractivity contribution in [2.75, 3.05) is 20.3 Å². The average Bonchev–Trinajstić information content (AvgIpc) is 2.58. The molecule has 160 valence electrons. The van der Waals surface area contributed by atoms with Crippen LogP contribution >= 0.6 is 0 Å². The van der Waals surface area contributed by atoms with Crippen molar-refractivity contribution >= 4 is 5.91 Å². The number of nitrogens with zero attached hydrogens (tertiary/aromatic N) is 2. The smallest absolute Gasteiger partial charge is 0.248 e. The molecule has 6 nitrogen and oxygen atoms in total. The molecule has 1 saturated carbocycles. The molecule has 0 saturated heterocycles. The Morgan fingerprint density at radius 3 is 2.41 bits per heavy atom. The number of carbonyl (C=O) groups is 1. The molecule has 29 heavy (non-hydrogen) atoms. The Morgan fingerprint density at radius 2 is 1.86 bits per heavy atom. The zero-order valence-corrected chi connectivity index (χ0v) is 18.7. The molecule has 1 heterocycles. The largest absolute Gasteiger partial charge is 0.489 e. The Morgan fingerprint density at radius 1 is 1.17 bits per heavy atom. The van der Waals surface area contributed by atoms with Crippen molar-refractivity contribution in [3.63, 3.8) is 0 Å². The van der Waals surface area contributed by atoms with Gasteiger partial charge in [-0.1, -0.05) is 5.92 Å². The summed E-state index contributed by atoms with van der Waals surface area (Å²) in [6.45, 7) is 12.3. The van der Waals surface area contributed by atoms with Gasteiger partial charge in [-0.2, -0.15) is 0 Å². The molecule has 0 atom stereocenters. The van der Waals surface area contributed by atoms with Gasteiger partial charge in [0.25, 0.3) is 0 Å². The highest BCUT2D eigenvalue weighted by Crippen LogP contribution is 2.30. The summed E-state index contributed by atoms with van der Waals surface area (Å²) in [5, 5.41) is 0. The molecular weight excluding hydrogens is 368 g/mol. The van der Waals surface area contributed by atoms with Gasteiger partial charge in [0.05, 0.1) is 17.9 Å². The first-order valence-electron chi connectivity index (χ1n) is 10.1. The van der Waals surface area contributed by atoms with Crippen molar-refractivity contribution in [3.05, 3.63) is 24.0 Å². The van der Waals surface area contributed by atoms with Gasteiger partial charge in [-0.25, -0.2) is 4.98 Å². The van der Waals surface area contributed by atoms with Crippen LogP contribution in [0, 0.1) is 11.8 Å². The van der Waals surface area contributed by atoms with E-state index < -0.39 is 0 Å². The lowest BCUT2D eigenvalue weighted by Crippen LogP contribution is -2.44. The van der Waals surface area contributed by atoms with Gasteiger partial charge in [0.15, 0.2) is 0 Å². The van der Waals surface area contributed by atoms with Gasteiger partial charge in [-0.3, -0.25) is 4.79 Å². The summed E-state index contributed by atoms with van der Waals surface area (Å²) in [7, 11) is 1.77. The third-order valence-electron chi connectivity index (χ3n) is 4.61. The van der Waals surface area contributed by atoms with Crippen LogP contribution in [0.4, 0.5) is 0 Å². The highest BCUT2D eigenvalue weighted by molar-refractivity contribution is 5.77. The van der Waals surface area contributed by atoms with Crippen LogP contribution in [0.2, 0.25) is 0 Å². The van der Waals surface area contributed by atoms with Crippen LogP contribution in [0.1, 0.15) is 60.1 Å². The highest BCUT2D eigenvalue weighted by atomic mass is 16.5. The SMILES string of the molecule is CN(C(=O)COCC#Cc1ccc(OC2CC(OC(C)(C)C)C2)cn1)C(C)(C)C. The zero-order chi connectivity index (χ0) is 21.7. The highest BCUT2D eigenvalue weighted by Gasteiger charge is 2.34. The first kappa shape index (κ1) is 23.2. The van der Waals surface area contributed by atoms with E-state index in [2.05, 4.69) is 37.6 Å². The van der Waals surface area contributed by atoms with Crippen molar-refractivity contribution in [2.24, 2.45) is 0 Å².